The van der Waals surface area contributed by atoms with Gasteiger partial charge >= 0.3 is 6.01 Å². The third kappa shape index (κ3) is 5.28. The summed E-state index contributed by atoms with van der Waals surface area (Å²) in [6, 6.07) is 0.369. The van der Waals surface area contributed by atoms with Crippen LogP contribution in [0.15, 0.2) is 0 Å². The van der Waals surface area contributed by atoms with E-state index >= 15 is 0 Å². The number of hydrogen-bond acceptors (Lipinski definition) is 6. The maximum absolute atomic E-state index is 5.46. The summed E-state index contributed by atoms with van der Waals surface area (Å²) in [5.41, 5.74) is 0. The second-order valence-corrected chi connectivity index (χ2v) is 4.43. The van der Waals surface area contributed by atoms with Crippen molar-refractivity contribution in [1.29, 1.82) is 0 Å². The molecular weight excluding hydrogens is 242 g/mol. The molecule has 0 radical (unpaired) electrons. The summed E-state index contributed by atoms with van der Waals surface area (Å²) >= 11 is 0. The Bertz CT molecular complexity index is 368. The maximum Gasteiger partial charge on any atom is 0.323 e. The van der Waals surface area contributed by atoms with Gasteiger partial charge in [0, 0.05) is 13.6 Å². The first-order valence-electron chi connectivity index (χ1n) is 7.03. The van der Waals surface area contributed by atoms with Crippen LogP contribution in [-0.2, 0) is 0 Å². The van der Waals surface area contributed by atoms with Crippen LogP contribution >= 0.6 is 0 Å². The standard InChI is InChI=1S/C13H25N5O/c1-5-8-19-13-17-11(14-4)16-12(18-13)15-9-10(6-2)7-3/h10H,5-9H2,1-4H3,(H2,14,15,16,17,18). The molecule has 6 heteroatoms. The Morgan fingerprint density at radius 2 is 1.74 bits per heavy atom. The van der Waals surface area contributed by atoms with Gasteiger partial charge in [0.05, 0.1) is 6.61 Å². The molecule has 0 saturated heterocycles. The summed E-state index contributed by atoms with van der Waals surface area (Å²) in [7, 11) is 1.78. The van der Waals surface area contributed by atoms with Crippen molar-refractivity contribution in [3.8, 4) is 6.01 Å². The molecular formula is C13H25N5O. The normalized spacial score (nSPS) is 10.6. The maximum atomic E-state index is 5.46. The zero-order chi connectivity index (χ0) is 14.1. The van der Waals surface area contributed by atoms with Crippen molar-refractivity contribution in [1.82, 2.24) is 15.0 Å². The molecule has 0 amide bonds. The van der Waals surface area contributed by atoms with Crippen LogP contribution in [0.1, 0.15) is 40.0 Å². The van der Waals surface area contributed by atoms with Crippen molar-refractivity contribution in [2.45, 2.75) is 40.0 Å². The molecule has 6 nitrogen and oxygen atoms in total. The van der Waals surface area contributed by atoms with Crippen LogP contribution in [0.5, 0.6) is 6.01 Å². The lowest BCUT2D eigenvalue weighted by atomic mass is 10.0. The average Bonchev–Trinajstić information content (AvgIpc) is 2.46. The Morgan fingerprint density at radius 1 is 1.05 bits per heavy atom. The van der Waals surface area contributed by atoms with Crippen molar-refractivity contribution >= 4 is 11.9 Å². The van der Waals surface area contributed by atoms with Gasteiger partial charge in [-0.05, 0) is 12.3 Å². The summed E-state index contributed by atoms with van der Waals surface area (Å²) in [5.74, 6) is 1.72. The third-order valence-corrected chi connectivity index (χ3v) is 2.98. The van der Waals surface area contributed by atoms with Gasteiger partial charge in [-0.3, -0.25) is 0 Å². The van der Waals surface area contributed by atoms with Crippen LogP contribution in [0.4, 0.5) is 11.9 Å². The molecule has 0 saturated carbocycles. The average molecular weight is 267 g/mol. The van der Waals surface area contributed by atoms with E-state index in [2.05, 4.69) is 39.4 Å². The molecule has 108 valence electrons. The molecule has 0 fully saturated rings. The fraction of sp³-hybridized carbons (Fsp3) is 0.769. The lowest BCUT2D eigenvalue weighted by Crippen LogP contribution is -2.16. The number of nitrogens with one attached hydrogen (secondary N) is 2. The van der Waals surface area contributed by atoms with E-state index in [0.717, 1.165) is 25.8 Å². The van der Waals surface area contributed by atoms with Crippen molar-refractivity contribution in [2.24, 2.45) is 5.92 Å². The van der Waals surface area contributed by atoms with Crippen LogP contribution < -0.4 is 15.4 Å². The smallest absolute Gasteiger partial charge is 0.323 e. The van der Waals surface area contributed by atoms with Crippen LogP contribution in [0.25, 0.3) is 0 Å². The molecule has 0 unspecified atom stereocenters. The molecule has 1 aromatic heterocycles. The molecule has 0 bridgehead atoms. The highest BCUT2D eigenvalue weighted by Gasteiger charge is 2.08. The van der Waals surface area contributed by atoms with E-state index in [1.807, 2.05) is 6.92 Å². The van der Waals surface area contributed by atoms with Gasteiger partial charge in [-0.1, -0.05) is 33.6 Å². The minimum atomic E-state index is 0.369. The largest absolute Gasteiger partial charge is 0.463 e. The van der Waals surface area contributed by atoms with Crippen molar-refractivity contribution in [2.75, 3.05) is 30.8 Å². The fourth-order valence-electron chi connectivity index (χ4n) is 1.62. The predicted molar refractivity (Wildman–Crippen MR) is 77.7 cm³/mol. The van der Waals surface area contributed by atoms with Crippen LogP contribution in [0, 0.1) is 5.92 Å². The van der Waals surface area contributed by atoms with Gasteiger partial charge in [-0.2, -0.15) is 15.0 Å². The molecule has 0 aliphatic carbocycles. The first-order valence-corrected chi connectivity index (χ1v) is 7.03. The van der Waals surface area contributed by atoms with Gasteiger partial charge in [0.25, 0.3) is 0 Å². The molecule has 2 N–H and O–H groups in total. The highest BCUT2D eigenvalue weighted by atomic mass is 16.5. The molecule has 0 aliphatic rings. The number of ether oxygens (including phenoxy) is 1. The Hall–Kier alpha value is -1.59. The van der Waals surface area contributed by atoms with E-state index < -0.39 is 0 Å². The quantitative estimate of drug-likeness (QED) is 0.716. The molecule has 0 aliphatic heterocycles. The van der Waals surface area contributed by atoms with Gasteiger partial charge in [0.2, 0.25) is 11.9 Å². The van der Waals surface area contributed by atoms with Gasteiger partial charge in [-0.15, -0.1) is 0 Å². The first kappa shape index (κ1) is 15.5. The number of anilines is 2. The number of rotatable bonds is 9. The highest BCUT2D eigenvalue weighted by molar-refractivity contribution is 5.35. The summed E-state index contributed by atoms with van der Waals surface area (Å²) in [6.07, 6.45) is 3.22. The summed E-state index contributed by atoms with van der Waals surface area (Å²) in [4.78, 5) is 12.7. The summed E-state index contributed by atoms with van der Waals surface area (Å²) in [6.45, 7) is 7.91. The zero-order valence-corrected chi connectivity index (χ0v) is 12.4. The lowest BCUT2D eigenvalue weighted by Gasteiger charge is -2.14. The van der Waals surface area contributed by atoms with Crippen molar-refractivity contribution in [3.05, 3.63) is 0 Å². The number of hydrogen-bond donors (Lipinski definition) is 2. The molecule has 19 heavy (non-hydrogen) atoms. The molecule has 1 heterocycles. The minimum Gasteiger partial charge on any atom is -0.463 e. The van der Waals surface area contributed by atoms with E-state index in [0.29, 0.717) is 30.4 Å². The second-order valence-electron chi connectivity index (χ2n) is 4.43. The monoisotopic (exact) mass is 267 g/mol. The molecule has 1 rings (SSSR count). The van der Waals surface area contributed by atoms with E-state index in [4.69, 9.17) is 4.74 Å². The topological polar surface area (TPSA) is 72.0 Å². The van der Waals surface area contributed by atoms with E-state index in [9.17, 15) is 0 Å². The van der Waals surface area contributed by atoms with Gasteiger partial charge in [0.15, 0.2) is 0 Å². The summed E-state index contributed by atoms with van der Waals surface area (Å²) < 4.78 is 5.46. The SMILES string of the molecule is CCCOc1nc(NC)nc(NCC(CC)CC)n1. The third-order valence-electron chi connectivity index (χ3n) is 2.98. The van der Waals surface area contributed by atoms with Crippen molar-refractivity contribution in [3.63, 3.8) is 0 Å². The van der Waals surface area contributed by atoms with Gasteiger partial charge in [0.1, 0.15) is 0 Å². The van der Waals surface area contributed by atoms with Gasteiger partial charge in [-0.25, -0.2) is 0 Å². The zero-order valence-electron chi connectivity index (χ0n) is 12.4. The minimum absolute atomic E-state index is 0.369. The molecule has 0 spiro atoms. The number of nitrogens with zero attached hydrogens (tertiary/aromatic N) is 3. The fourth-order valence-corrected chi connectivity index (χ4v) is 1.62. The van der Waals surface area contributed by atoms with Crippen LogP contribution in [0.3, 0.4) is 0 Å². The Balaban J connectivity index is 2.70. The summed E-state index contributed by atoms with van der Waals surface area (Å²) in [5, 5.41) is 6.17. The molecule has 0 aromatic carbocycles. The Kier molecular flexibility index (Phi) is 6.92. The van der Waals surface area contributed by atoms with E-state index in [1.165, 1.54) is 0 Å². The molecule has 0 atom stereocenters. The van der Waals surface area contributed by atoms with E-state index in [1.54, 1.807) is 7.05 Å². The Labute approximate surface area is 115 Å². The molecule has 1 aromatic rings. The van der Waals surface area contributed by atoms with Crippen LogP contribution in [-0.4, -0.2) is 35.2 Å². The van der Waals surface area contributed by atoms with Crippen LogP contribution in [0.2, 0.25) is 0 Å². The lowest BCUT2D eigenvalue weighted by molar-refractivity contribution is 0.292. The van der Waals surface area contributed by atoms with E-state index in [-0.39, 0.29) is 0 Å². The highest BCUT2D eigenvalue weighted by Crippen LogP contribution is 2.13. The van der Waals surface area contributed by atoms with Gasteiger partial charge < -0.3 is 15.4 Å². The first-order chi connectivity index (χ1) is 9.23. The Morgan fingerprint density at radius 3 is 2.32 bits per heavy atom. The number of aromatic nitrogens is 3. The van der Waals surface area contributed by atoms with Crippen molar-refractivity contribution < 1.29 is 4.74 Å². The second kappa shape index (κ2) is 8.50. The predicted octanol–water partition coefficient (Wildman–Crippen LogP) is 2.55.